The first-order valence-corrected chi connectivity index (χ1v) is 6.45. The molecule has 0 N–H and O–H groups in total. The maximum absolute atomic E-state index is 12.3. The maximum atomic E-state index is 12.3. The van der Waals surface area contributed by atoms with Gasteiger partial charge in [0.25, 0.3) is 0 Å². The lowest BCUT2D eigenvalue weighted by Gasteiger charge is -2.51. The van der Waals surface area contributed by atoms with Crippen LogP contribution in [0.1, 0.15) is 33.1 Å². The van der Waals surface area contributed by atoms with Gasteiger partial charge in [0, 0.05) is 11.8 Å². The van der Waals surface area contributed by atoms with Crippen LogP contribution in [0.2, 0.25) is 0 Å². The van der Waals surface area contributed by atoms with Gasteiger partial charge in [0.1, 0.15) is 5.78 Å². The Hall–Kier alpha value is -0.410. The Morgan fingerprint density at radius 3 is 2.50 bits per heavy atom. The second kappa shape index (κ2) is 3.54. The second-order valence-corrected chi connectivity index (χ2v) is 5.78. The van der Waals surface area contributed by atoms with E-state index in [1.165, 1.54) is 0 Å². The van der Waals surface area contributed by atoms with Gasteiger partial charge in [-0.05, 0) is 25.2 Å². The van der Waals surface area contributed by atoms with Gasteiger partial charge in [0.05, 0.1) is 19.1 Å². The molecule has 1 heterocycles. The standard InChI is InChI=1S/C13H20O3/c1-8-5-10-7-9(2)12(14)11(6-8)13(10)15-3-4-16-13/h8-11H,3-7H2,1-2H3/t8-,9-,10+,11-/m1/s1. The zero-order valence-corrected chi connectivity index (χ0v) is 10.1. The van der Waals surface area contributed by atoms with E-state index in [4.69, 9.17) is 9.47 Å². The van der Waals surface area contributed by atoms with Crippen LogP contribution in [-0.4, -0.2) is 24.8 Å². The Labute approximate surface area is 96.5 Å². The fourth-order valence-electron chi connectivity index (χ4n) is 3.94. The molecule has 16 heavy (non-hydrogen) atoms. The lowest BCUT2D eigenvalue weighted by molar-refractivity contribution is -0.260. The van der Waals surface area contributed by atoms with E-state index in [2.05, 4.69) is 13.8 Å². The number of rotatable bonds is 0. The molecule has 0 amide bonds. The highest BCUT2D eigenvalue weighted by molar-refractivity contribution is 5.85. The van der Waals surface area contributed by atoms with Crippen LogP contribution >= 0.6 is 0 Å². The average Bonchev–Trinajstić information content (AvgIpc) is 2.70. The van der Waals surface area contributed by atoms with E-state index in [1.807, 2.05) is 0 Å². The summed E-state index contributed by atoms with van der Waals surface area (Å²) < 4.78 is 11.7. The van der Waals surface area contributed by atoms with Gasteiger partial charge in [0.15, 0.2) is 5.79 Å². The molecule has 0 aromatic carbocycles. The third kappa shape index (κ3) is 1.31. The molecule has 90 valence electrons. The van der Waals surface area contributed by atoms with Gasteiger partial charge >= 0.3 is 0 Å². The number of hydrogen-bond donors (Lipinski definition) is 0. The van der Waals surface area contributed by atoms with E-state index < -0.39 is 5.79 Å². The third-order valence-electron chi connectivity index (χ3n) is 4.59. The molecule has 0 aromatic rings. The molecule has 3 nitrogen and oxygen atoms in total. The SMILES string of the molecule is C[C@@H]1C[C@H]2C[C@@H](C)C(=O)[C@@H](C1)C21OCCO1. The van der Waals surface area contributed by atoms with Crippen molar-refractivity contribution in [3.8, 4) is 0 Å². The molecular formula is C13H20O3. The first kappa shape index (κ1) is 10.7. The summed E-state index contributed by atoms with van der Waals surface area (Å²) in [5, 5.41) is 0. The number of ketones is 1. The maximum Gasteiger partial charge on any atom is 0.181 e. The van der Waals surface area contributed by atoms with E-state index in [-0.39, 0.29) is 11.8 Å². The van der Waals surface area contributed by atoms with E-state index in [1.54, 1.807) is 0 Å². The van der Waals surface area contributed by atoms with Crippen LogP contribution in [0.15, 0.2) is 0 Å². The molecule has 3 aliphatic rings. The van der Waals surface area contributed by atoms with Gasteiger partial charge in [-0.15, -0.1) is 0 Å². The monoisotopic (exact) mass is 224 g/mol. The minimum atomic E-state index is -0.532. The molecule has 2 bridgehead atoms. The van der Waals surface area contributed by atoms with Crippen LogP contribution in [0.3, 0.4) is 0 Å². The van der Waals surface area contributed by atoms with E-state index >= 15 is 0 Å². The Morgan fingerprint density at radius 1 is 1.12 bits per heavy atom. The molecule has 4 atom stereocenters. The van der Waals surface area contributed by atoms with Crippen molar-refractivity contribution in [3.63, 3.8) is 0 Å². The minimum Gasteiger partial charge on any atom is -0.346 e. The summed E-state index contributed by atoms with van der Waals surface area (Å²) in [5.74, 6) is 1.08. The van der Waals surface area contributed by atoms with Crippen molar-refractivity contribution in [2.75, 3.05) is 13.2 Å². The molecule has 1 aliphatic heterocycles. The van der Waals surface area contributed by atoms with Crippen molar-refractivity contribution < 1.29 is 14.3 Å². The summed E-state index contributed by atoms with van der Waals surface area (Å²) in [6.45, 7) is 5.61. The van der Waals surface area contributed by atoms with E-state index in [0.29, 0.717) is 30.8 Å². The first-order chi connectivity index (χ1) is 7.63. The summed E-state index contributed by atoms with van der Waals surface area (Å²) in [5.41, 5.74) is 0. The molecular weight excluding hydrogens is 204 g/mol. The fraction of sp³-hybridized carbons (Fsp3) is 0.923. The number of carbonyl (C=O) groups excluding carboxylic acids is 1. The first-order valence-electron chi connectivity index (χ1n) is 6.45. The fourth-order valence-corrected chi connectivity index (χ4v) is 3.94. The zero-order valence-electron chi connectivity index (χ0n) is 10.1. The van der Waals surface area contributed by atoms with Gasteiger partial charge in [-0.25, -0.2) is 0 Å². The molecule has 3 heteroatoms. The van der Waals surface area contributed by atoms with Crippen LogP contribution in [0.4, 0.5) is 0 Å². The second-order valence-electron chi connectivity index (χ2n) is 5.78. The average molecular weight is 224 g/mol. The van der Waals surface area contributed by atoms with Crippen LogP contribution in [-0.2, 0) is 14.3 Å². The zero-order chi connectivity index (χ0) is 11.3. The highest BCUT2D eigenvalue weighted by atomic mass is 16.7. The molecule has 0 unspecified atom stereocenters. The van der Waals surface area contributed by atoms with Crippen molar-refractivity contribution in [1.29, 1.82) is 0 Å². The van der Waals surface area contributed by atoms with Crippen molar-refractivity contribution in [2.45, 2.75) is 38.9 Å². The Kier molecular flexibility index (Phi) is 2.37. The van der Waals surface area contributed by atoms with Gasteiger partial charge in [-0.1, -0.05) is 13.8 Å². The molecule has 3 rings (SSSR count). The van der Waals surface area contributed by atoms with Crippen LogP contribution in [0.25, 0.3) is 0 Å². The Morgan fingerprint density at radius 2 is 1.81 bits per heavy atom. The smallest absolute Gasteiger partial charge is 0.181 e. The molecule has 1 saturated heterocycles. The summed E-state index contributed by atoms with van der Waals surface area (Å²) >= 11 is 0. The van der Waals surface area contributed by atoms with Crippen LogP contribution in [0, 0.1) is 23.7 Å². The molecule has 0 aromatic heterocycles. The van der Waals surface area contributed by atoms with Crippen molar-refractivity contribution in [2.24, 2.45) is 23.7 Å². The highest BCUT2D eigenvalue weighted by Crippen LogP contribution is 2.53. The molecule has 2 saturated carbocycles. The van der Waals surface area contributed by atoms with E-state index in [9.17, 15) is 4.79 Å². The predicted molar refractivity (Wildman–Crippen MR) is 58.8 cm³/mol. The molecule has 2 aliphatic carbocycles. The van der Waals surface area contributed by atoms with E-state index in [0.717, 1.165) is 19.3 Å². The summed E-state index contributed by atoms with van der Waals surface area (Å²) in [4.78, 5) is 12.3. The van der Waals surface area contributed by atoms with Gasteiger partial charge < -0.3 is 9.47 Å². The summed E-state index contributed by atoms with van der Waals surface area (Å²) in [6, 6.07) is 0. The number of hydrogen-bond acceptors (Lipinski definition) is 3. The topological polar surface area (TPSA) is 35.5 Å². The predicted octanol–water partition coefficient (Wildman–Crippen LogP) is 2.00. The Bertz CT molecular complexity index is 306. The van der Waals surface area contributed by atoms with Crippen LogP contribution in [0.5, 0.6) is 0 Å². The largest absolute Gasteiger partial charge is 0.346 e. The van der Waals surface area contributed by atoms with Gasteiger partial charge in [-0.3, -0.25) is 4.79 Å². The van der Waals surface area contributed by atoms with Gasteiger partial charge in [0.2, 0.25) is 0 Å². The van der Waals surface area contributed by atoms with Crippen LogP contribution < -0.4 is 0 Å². The van der Waals surface area contributed by atoms with Crippen molar-refractivity contribution in [1.82, 2.24) is 0 Å². The lowest BCUT2D eigenvalue weighted by atomic mass is 9.61. The quantitative estimate of drug-likeness (QED) is 0.631. The highest BCUT2D eigenvalue weighted by Gasteiger charge is 2.60. The van der Waals surface area contributed by atoms with Crippen molar-refractivity contribution in [3.05, 3.63) is 0 Å². The third-order valence-corrected chi connectivity index (χ3v) is 4.59. The lowest BCUT2D eigenvalue weighted by Crippen LogP contribution is -2.58. The molecule has 1 spiro atoms. The Balaban J connectivity index is 1.97. The molecule has 0 radical (unpaired) electrons. The minimum absolute atomic E-state index is 0.00694. The van der Waals surface area contributed by atoms with Gasteiger partial charge in [-0.2, -0.15) is 0 Å². The number of Topliss-reactive ketones (excluding diaryl/α,β-unsaturated/α-hetero) is 1. The summed E-state index contributed by atoms with van der Waals surface area (Å²) in [6.07, 6.45) is 3.04. The normalized spacial score (nSPS) is 46.2. The number of ether oxygens (including phenoxy) is 2. The number of carbonyl (C=O) groups is 1. The summed E-state index contributed by atoms with van der Waals surface area (Å²) in [7, 11) is 0. The molecule has 3 fully saturated rings. The van der Waals surface area contributed by atoms with Crippen molar-refractivity contribution >= 4 is 5.78 Å².